The van der Waals surface area contributed by atoms with E-state index >= 15 is 0 Å². The molecule has 0 saturated carbocycles. The maximum Gasteiger partial charge on any atom is 0.227 e. The first-order valence-electron chi connectivity index (χ1n) is 10.3. The summed E-state index contributed by atoms with van der Waals surface area (Å²) < 4.78 is 5.96. The maximum absolute atomic E-state index is 5.96. The van der Waals surface area contributed by atoms with Gasteiger partial charge in [-0.1, -0.05) is 47.6 Å². The van der Waals surface area contributed by atoms with E-state index in [2.05, 4.69) is 33.4 Å². The molecule has 0 bridgehead atoms. The Morgan fingerprint density at radius 1 is 1.11 bits per heavy atom. The highest BCUT2D eigenvalue weighted by molar-refractivity contribution is 5.94. The molecule has 0 N–H and O–H groups in total. The summed E-state index contributed by atoms with van der Waals surface area (Å²) in [6, 6.07) is 2.21. The number of likely N-dealkylation sites (N-methyl/N-ethyl adjacent to an activating group) is 1. The van der Waals surface area contributed by atoms with Crippen molar-refractivity contribution < 1.29 is 4.74 Å². The van der Waals surface area contributed by atoms with Crippen molar-refractivity contribution in [3.05, 3.63) is 30.2 Å². The molecule has 2 aromatic rings. The van der Waals surface area contributed by atoms with Gasteiger partial charge < -0.3 is 9.64 Å². The van der Waals surface area contributed by atoms with Crippen LogP contribution in [-0.4, -0.2) is 34.1 Å². The molecular weight excluding hydrogens is 336 g/mol. The molecule has 1 aliphatic heterocycles. The van der Waals surface area contributed by atoms with Gasteiger partial charge in [0.2, 0.25) is 5.88 Å². The number of pyridine rings is 1. The molecule has 0 radical (unpaired) electrons. The van der Waals surface area contributed by atoms with Crippen molar-refractivity contribution in [3.63, 3.8) is 0 Å². The second-order valence-corrected chi connectivity index (χ2v) is 5.33. The van der Waals surface area contributed by atoms with Gasteiger partial charge in [-0.15, -0.1) is 6.58 Å². The normalized spacial score (nSPS) is 14.3. The summed E-state index contributed by atoms with van der Waals surface area (Å²) in [4.78, 5) is 16.0. The highest BCUT2D eigenvalue weighted by Gasteiger charge is 2.27. The van der Waals surface area contributed by atoms with Gasteiger partial charge in [0.15, 0.2) is 0 Å². The van der Waals surface area contributed by atoms with Crippen molar-refractivity contribution >= 4 is 16.7 Å². The maximum atomic E-state index is 5.96. The van der Waals surface area contributed by atoms with Crippen LogP contribution >= 0.6 is 0 Å². The standard InChI is InChI=1S/C16H20N4O.3C2H6/c1-5-7-12-9-21-16-14-13(8-10(3)17-16)18-11(4)19-15(14)20(12)6-2;3*1-2/h5,8,12H,1,6-7,9H2,2-4H3;3*1-2H3. The number of aryl methyl sites for hydroxylation is 2. The molecule has 0 fully saturated rings. The van der Waals surface area contributed by atoms with Crippen LogP contribution in [0.15, 0.2) is 18.7 Å². The van der Waals surface area contributed by atoms with Crippen LogP contribution in [0.1, 0.15) is 66.4 Å². The molecule has 152 valence electrons. The number of anilines is 1. The van der Waals surface area contributed by atoms with E-state index in [-0.39, 0.29) is 6.04 Å². The molecule has 0 aromatic carbocycles. The molecule has 1 unspecified atom stereocenters. The molecule has 27 heavy (non-hydrogen) atoms. The van der Waals surface area contributed by atoms with Crippen molar-refractivity contribution in [1.82, 2.24) is 15.0 Å². The average molecular weight is 375 g/mol. The molecular formula is C22H38N4O. The van der Waals surface area contributed by atoms with Gasteiger partial charge in [-0.05, 0) is 33.3 Å². The van der Waals surface area contributed by atoms with Crippen LogP contribution in [0, 0.1) is 13.8 Å². The molecule has 5 nitrogen and oxygen atoms in total. The monoisotopic (exact) mass is 374 g/mol. The fourth-order valence-corrected chi connectivity index (χ4v) is 2.88. The summed E-state index contributed by atoms with van der Waals surface area (Å²) in [5.74, 6) is 2.34. The number of aromatic nitrogens is 3. The van der Waals surface area contributed by atoms with E-state index in [1.807, 2.05) is 67.5 Å². The van der Waals surface area contributed by atoms with E-state index in [0.29, 0.717) is 12.5 Å². The lowest BCUT2D eigenvalue weighted by Crippen LogP contribution is -2.38. The third-order valence-electron chi connectivity index (χ3n) is 3.77. The van der Waals surface area contributed by atoms with Crippen LogP contribution in [0.25, 0.3) is 10.9 Å². The van der Waals surface area contributed by atoms with E-state index < -0.39 is 0 Å². The quantitative estimate of drug-likeness (QED) is 0.628. The smallest absolute Gasteiger partial charge is 0.227 e. The SMILES string of the molecule is C=CCC1COc2nc(C)cc3nc(C)nc(c23)N1CC.CC.CC.CC. The minimum Gasteiger partial charge on any atom is -0.475 e. The Labute approximate surface area is 165 Å². The highest BCUT2D eigenvalue weighted by Crippen LogP contribution is 2.35. The highest BCUT2D eigenvalue weighted by atomic mass is 16.5. The fraction of sp³-hybridized carbons (Fsp3) is 0.591. The van der Waals surface area contributed by atoms with Crippen molar-refractivity contribution in [3.8, 4) is 5.88 Å². The molecule has 5 heteroatoms. The number of ether oxygens (including phenoxy) is 1. The van der Waals surface area contributed by atoms with E-state index in [1.165, 1.54) is 0 Å². The predicted octanol–water partition coefficient (Wildman–Crippen LogP) is 5.88. The number of nitrogens with zero attached hydrogens (tertiary/aromatic N) is 4. The lowest BCUT2D eigenvalue weighted by Gasteiger charge is -2.29. The van der Waals surface area contributed by atoms with Gasteiger partial charge in [-0.2, -0.15) is 0 Å². The zero-order valence-electron chi connectivity index (χ0n) is 18.8. The molecule has 0 aliphatic carbocycles. The van der Waals surface area contributed by atoms with Gasteiger partial charge in [-0.3, -0.25) is 0 Å². The van der Waals surface area contributed by atoms with Crippen LogP contribution < -0.4 is 9.64 Å². The van der Waals surface area contributed by atoms with Crippen LogP contribution in [0.5, 0.6) is 5.88 Å². The molecule has 0 saturated heterocycles. The van der Waals surface area contributed by atoms with Crippen molar-refractivity contribution in [2.24, 2.45) is 0 Å². The lowest BCUT2D eigenvalue weighted by atomic mass is 10.1. The van der Waals surface area contributed by atoms with E-state index in [9.17, 15) is 0 Å². The third-order valence-corrected chi connectivity index (χ3v) is 3.77. The minimum absolute atomic E-state index is 0.222. The van der Waals surface area contributed by atoms with Gasteiger partial charge in [0, 0.05) is 12.2 Å². The second-order valence-electron chi connectivity index (χ2n) is 5.33. The van der Waals surface area contributed by atoms with Crippen LogP contribution in [-0.2, 0) is 0 Å². The summed E-state index contributed by atoms with van der Waals surface area (Å²) in [6.45, 7) is 23.3. The fourth-order valence-electron chi connectivity index (χ4n) is 2.88. The molecule has 3 heterocycles. The number of hydrogen-bond donors (Lipinski definition) is 0. The van der Waals surface area contributed by atoms with E-state index in [1.54, 1.807) is 0 Å². The Bertz CT molecular complexity index is 695. The van der Waals surface area contributed by atoms with Gasteiger partial charge in [0.25, 0.3) is 0 Å². The lowest BCUT2D eigenvalue weighted by molar-refractivity contribution is 0.280. The van der Waals surface area contributed by atoms with Crippen LogP contribution in [0.3, 0.4) is 0 Å². The predicted molar refractivity (Wildman–Crippen MR) is 118 cm³/mol. The summed E-state index contributed by atoms with van der Waals surface area (Å²) in [7, 11) is 0. The summed E-state index contributed by atoms with van der Waals surface area (Å²) in [5, 5.41) is 0.916. The molecule has 2 aromatic heterocycles. The summed E-state index contributed by atoms with van der Waals surface area (Å²) in [6.07, 6.45) is 2.78. The van der Waals surface area contributed by atoms with Gasteiger partial charge in [0.1, 0.15) is 23.6 Å². The zero-order chi connectivity index (χ0) is 21.0. The van der Waals surface area contributed by atoms with Crippen molar-refractivity contribution in [2.75, 3.05) is 18.1 Å². The Morgan fingerprint density at radius 3 is 2.30 bits per heavy atom. The van der Waals surface area contributed by atoms with Gasteiger partial charge in [-0.25, -0.2) is 15.0 Å². The van der Waals surface area contributed by atoms with E-state index in [0.717, 1.165) is 41.2 Å². The first-order chi connectivity index (χ1) is 13.1. The molecule has 1 atom stereocenters. The second kappa shape index (κ2) is 13.1. The topological polar surface area (TPSA) is 51.1 Å². The molecule has 3 rings (SSSR count). The number of rotatable bonds is 3. The Balaban J connectivity index is 0.00000103. The molecule has 1 aliphatic rings. The van der Waals surface area contributed by atoms with Gasteiger partial charge in [0.05, 0.1) is 11.6 Å². The number of hydrogen-bond acceptors (Lipinski definition) is 5. The third kappa shape index (κ3) is 5.91. The van der Waals surface area contributed by atoms with Gasteiger partial charge >= 0.3 is 0 Å². The zero-order valence-corrected chi connectivity index (χ0v) is 18.8. The van der Waals surface area contributed by atoms with Crippen molar-refractivity contribution in [1.29, 1.82) is 0 Å². The Hall–Kier alpha value is -2.17. The molecule has 0 spiro atoms. The summed E-state index contributed by atoms with van der Waals surface area (Å²) in [5.41, 5.74) is 1.81. The Morgan fingerprint density at radius 2 is 1.74 bits per heavy atom. The Kier molecular flexibility index (Phi) is 12.0. The first kappa shape index (κ1) is 24.8. The largest absolute Gasteiger partial charge is 0.475 e. The van der Waals surface area contributed by atoms with Crippen LogP contribution in [0.2, 0.25) is 0 Å². The molecule has 0 amide bonds. The summed E-state index contributed by atoms with van der Waals surface area (Å²) >= 11 is 0. The van der Waals surface area contributed by atoms with Crippen LogP contribution in [0.4, 0.5) is 5.82 Å². The average Bonchev–Trinajstić information content (AvgIpc) is 2.84. The first-order valence-corrected chi connectivity index (χ1v) is 10.3. The van der Waals surface area contributed by atoms with Crippen molar-refractivity contribution in [2.45, 2.75) is 74.8 Å². The minimum atomic E-state index is 0.222. The van der Waals surface area contributed by atoms with E-state index in [4.69, 9.17) is 4.74 Å².